The molecular weight excluding hydrogens is 210 g/mol. The molecule has 1 aromatic rings. The van der Waals surface area contributed by atoms with E-state index in [0.717, 1.165) is 6.42 Å². The first-order chi connectivity index (χ1) is 7.83. The van der Waals surface area contributed by atoms with Crippen LogP contribution >= 0.6 is 0 Å². The van der Waals surface area contributed by atoms with Gasteiger partial charge in [0.05, 0.1) is 32.2 Å². The molecule has 0 spiro atoms. The lowest BCUT2D eigenvalue weighted by Gasteiger charge is -2.05. The normalized spacial score (nSPS) is 10.3. The minimum absolute atomic E-state index is 0.384. The highest BCUT2D eigenvalue weighted by Crippen LogP contribution is 2.04. The molecule has 1 aromatic heterocycles. The van der Waals surface area contributed by atoms with Gasteiger partial charge < -0.3 is 19.9 Å². The van der Waals surface area contributed by atoms with Crippen molar-refractivity contribution in [2.24, 2.45) is 0 Å². The maximum absolute atomic E-state index is 5.39. The highest BCUT2D eigenvalue weighted by Gasteiger charge is 1.95. The van der Waals surface area contributed by atoms with Crippen LogP contribution in [0.25, 0.3) is 0 Å². The number of hydrogen-bond acceptors (Lipinski definition) is 6. The number of nitrogens with zero attached hydrogens (tertiary/aromatic N) is 2. The molecule has 0 radical (unpaired) electrons. The van der Waals surface area contributed by atoms with Crippen molar-refractivity contribution in [2.75, 3.05) is 39.3 Å². The summed E-state index contributed by atoms with van der Waals surface area (Å²) in [5, 5.41) is 0. The van der Waals surface area contributed by atoms with Crippen molar-refractivity contribution in [2.45, 2.75) is 6.42 Å². The third-order valence-electron chi connectivity index (χ3n) is 1.76. The average Bonchev–Trinajstić information content (AvgIpc) is 2.30. The van der Waals surface area contributed by atoms with Crippen LogP contribution in [0.1, 0.15) is 6.42 Å². The van der Waals surface area contributed by atoms with E-state index in [1.54, 1.807) is 7.11 Å². The number of nitrogen functional groups attached to an aromatic ring is 1. The fourth-order valence-electron chi connectivity index (χ4n) is 0.983. The van der Waals surface area contributed by atoms with Gasteiger partial charge in [0.2, 0.25) is 5.88 Å². The molecule has 90 valence electrons. The highest BCUT2D eigenvalue weighted by atomic mass is 16.5. The van der Waals surface area contributed by atoms with E-state index in [4.69, 9.17) is 19.9 Å². The molecule has 0 atom stereocenters. The Kier molecular flexibility index (Phi) is 6.20. The molecule has 0 bridgehead atoms. The molecule has 0 aliphatic heterocycles. The Morgan fingerprint density at radius 2 is 2.00 bits per heavy atom. The number of rotatable bonds is 8. The van der Waals surface area contributed by atoms with Crippen LogP contribution in [-0.4, -0.2) is 43.5 Å². The first-order valence-electron chi connectivity index (χ1n) is 5.10. The number of methoxy groups -OCH3 is 1. The Morgan fingerprint density at radius 3 is 2.69 bits per heavy atom. The van der Waals surface area contributed by atoms with Crippen molar-refractivity contribution < 1.29 is 14.2 Å². The Hall–Kier alpha value is -1.40. The molecular formula is C10H17N3O3. The maximum atomic E-state index is 5.39. The topological polar surface area (TPSA) is 79.5 Å². The van der Waals surface area contributed by atoms with Gasteiger partial charge in [0.15, 0.2) is 0 Å². The number of nitrogens with two attached hydrogens (primary N) is 1. The molecule has 0 fully saturated rings. The Balaban J connectivity index is 2.01. The lowest BCUT2D eigenvalue weighted by atomic mass is 10.5. The van der Waals surface area contributed by atoms with E-state index in [9.17, 15) is 0 Å². The molecule has 16 heavy (non-hydrogen) atoms. The van der Waals surface area contributed by atoms with Crippen LogP contribution in [0.15, 0.2) is 12.4 Å². The van der Waals surface area contributed by atoms with Crippen molar-refractivity contribution in [3.63, 3.8) is 0 Å². The summed E-state index contributed by atoms with van der Waals surface area (Å²) in [5.74, 6) is 0.862. The molecule has 1 rings (SSSR count). The van der Waals surface area contributed by atoms with Gasteiger partial charge in [0, 0.05) is 20.1 Å². The van der Waals surface area contributed by atoms with Gasteiger partial charge in [0.1, 0.15) is 5.82 Å². The number of aromatic nitrogens is 2. The lowest BCUT2D eigenvalue weighted by molar-refractivity contribution is 0.0642. The minimum atomic E-state index is 0.384. The summed E-state index contributed by atoms with van der Waals surface area (Å²) in [5.41, 5.74) is 5.39. The molecule has 0 aromatic carbocycles. The second-order valence-corrected chi connectivity index (χ2v) is 3.09. The average molecular weight is 227 g/mol. The Bertz CT molecular complexity index is 279. The van der Waals surface area contributed by atoms with Crippen LogP contribution in [0, 0.1) is 0 Å². The van der Waals surface area contributed by atoms with Crippen molar-refractivity contribution in [1.82, 2.24) is 9.97 Å². The molecule has 0 aliphatic rings. The summed E-state index contributed by atoms with van der Waals surface area (Å²) < 4.78 is 15.4. The summed E-state index contributed by atoms with van der Waals surface area (Å²) in [6, 6.07) is 0. The van der Waals surface area contributed by atoms with Crippen LogP contribution in [0.3, 0.4) is 0 Å². The van der Waals surface area contributed by atoms with Gasteiger partial charge >= 0.3 is 0 Å². The van der Waals surface area contributed by atoms with E-state index < -0.39 is 0 Å². The second-order valence-electron chi connectivity index (χ2n) is 3.09. The molecule has 2 N–H and O–H groups in total. The number of ether oxygens (including phenoxy) is 3. The van der Waals surface area contributed by atoms with Gasteiger partial charge in [-0.05, 0) is 0 Å². The maximum Gasteiger partial charge on any atom is 0.232 e. The minimum Gasteiger partial charge on any atom is -0.476 e. The van der Waals surface area contributed by atoms with Gasteiger partial charge in [-0.3, -0.25) is 0 Å². The quantitative estimate of drug-likeness (QED) is 0.651. The van der Waals surface area contributed by atoms with E-state index in [2.05, 4.69) is 9.97 Å². The van der Waals surface area contributed by atoms with E-state index in [-0.39, 0.29) is 0 Å². The lowest BCUT2D eigenvalue weighted by Crippen LogP contribution is -2.07. The van der Waals surface area contributed by atoms with E-state index in [1.165, 1.54) is 12.4 Å². The highest BCUT2D eigenvalue weighted by molar-refractivity contribution is 5.24. The molecule has 1 heterocycles. The van der Waals surface area contributed by atoms with E-state index >= 15 is 0 Å². The summed E-state index contributed by atoms with van der Waals surface area (Å²) in [6.07, 6.45) is 3.77. The zero-order chi connectivity index (χ0) is 11.6. The Labute approximate surface area is 94.7 Å². The van der Waals surface area contributed by atoms with Gasteiger partial charge in [-0.2, -0.15) is 0 Å². The fraction of sp³-hybridized carbons (Fsp3) is 0.600. The van der Waals surface area contributed by atoms with Crippen molar-refractivity contribution in [3.05, 3.63) is 12.4 Å². The zero-order valence-corrected chi connectivity index (χ0v) is 9.39. The van der Waals surface area contributed by atoms with Crippen molar-refractivity contribution >= 4 is 5.82 Å². The predicted molar refractivity (Wildman–Crippen MR) is 59.3 cm³/mol. The summed E-state index contributed by atoms with van der Waals surface area (Å²) in [7, 11) is 1.65. The standard InChI is InChI=1S/C10H17N3O3/c1-14-5-6-15-3-2-4-16-10-8-12-9(11)7-13-10/h7-8H,2-6H2,1H3,(H2,11,12). The summed E-state index contributed by atoms with van der Waals surface area (Å²) in [6.45, 7) is 2.42. The first-order valence-corrected chi connectivity index (χ1v) is 5.10. The molecule has 0 aliphatic carbocycles. The molecule has 0 amide bonds. The molecule has 6 heteroatoms. The van der Waals surface area contributed by atoms with Crippen LogP contribution in [0.2, 0.25) is 0 Å². The van der Waals surface area contributed by atoms with Crippen LogP contribution in [0.5, 0.6) is 5.88 Å². The van der Waals surface area contributed by atoms with Gasteiger partial charge in [-0.25, -0.2) is 9.97 Å². The molecule has 0 unspecified atom stereocenters. The fourth-order valence-corrected chi connectivity index (χ4v) is 0.983. The van der Waals surface area contributed by atoms with Gasteiger partial charge in [-0.15, -0.1) is 0 Å². The summed E-state index contributed by atoms with van der Waals surface area (Å²) >= 11 is 0. The van der Waals surface area contributed by atoms with Crippen molar-refractivity contribution in [1.29, 1.82) is 0 Å². The first kappa shape index (κ1) is 12.7. The van der Waals surface area contributed by atoms with Crippen LogP contribution in [-0.2, 0) is 9.47 Å². The van der Waals surface area contributed by atoms with Gasteiger partial charge in [0.25, 0.3) is 0 Å². The van der Waals surface area contributed by atoms with Gasteiger partial charge in [-0.1, -0.05) is 0 Å². The van der Waals surface area contributed by atoms with Crippen molar-refractivity contribution in [3.8, 4) is 5.88 Å². The number of anilines is 1. The smallest absolute Gasteiger partial charge is 0.232 e. The monoisotopic (exact) mass is 227 g/mol. The molecule has 6 nitrogen and oxygen atoms in total. The van der Waals surface area contributed by atoms with E-state index in [0.29, 0.717) is 38.1 Å². The Morgan fingerprint density at radius 1 is 1.12 bits per heavy atom. The largest absolute Gasteiger partial charge is 0.476 e. The third-order valence-corrected chi connectivity index (χ3v) is 1.76. The molecule has 0 saturated heterocycles. The van der Waals surface area contributed by atoms with Crippen LogP contribution < -0.4 is 10.5 Å². The summed E-state index contributed by atoms with van der Waals surface area (Å²) in [4.78, 5) is 7.82. The zero-order valence-electron chi connectivity index (χ0n) is 9.39. The second kappa shape index (κ2) is 7.84. The van der Waals surface area contributed by atoms with E-state index in [1.807, 2.05) is 0 Å². The molecule has 0 saturated carbocycles. The number of hydrogen-bond donors (Lipinski definition) is 1. The predicted octanol–water partition coefficient (Wildman–Crippen LogP) is 0.491. The van der Waals surface area contributed by atoms with Crippen LogP contribution in [0.4, 0.5) is 5.82 Å². The third kappa shape index (κ3) is 5.47. The SMILES string of the molecule is COCCOCCCOc1cnc(N)cn1.